The molecule has 8 heteroatoms. The molecule has 1 aromatic heterocycles. The molecule has 0 bridgehead atoms. The van der Waals surface area contributed by atoms with Gasteiger partial charge in [0.05, 0.1) is 23.5 Å². The maximum Gasteiger partial charge on any atom is 0.301 e. The van der Waals surface area contributed by atoms with Crippen LogP contribution in [-0.4, -0.2) is 31.8 Å². The number of aromatic nitrogens is 1. The minimum absolute atomic E-state index is 0.366. The van der Waals surface area contributed by atoms with Crippen LogP contribution in [0.5, 0.6) is 0 Å². The molecule has 1 heterocycles. The van der Waals surface area contributed by atoms with Gasteiger partial charge in [-0.05, 0) is 30.3 Å². The van der Waals surface area contributed by atoms with Gasteiger partial charge in [-0.25, -0.2) is 4.98 Å². The van der Waals surface area contributed by atoms with Gasteiger partial charge in [-0.3, -0.25) is 4.72 Å². The maximum absolute atomic E-state index is 11.7. The van der Waals surface area contributed by atoms with Gasteiger partial charge in [0.1, 0.15) is 5.82 Å². The number of pyridine rings is 1. The Morgan fingerprint density at radius 3 is 2.55 bits per heavy atom. The number of hydrogen-bond donors (Lipinski definition) is 2. The van der Waals surface area contributed by atoms with Crippen LogP contribution in [0.25, 0.3) is 0 Å². The highest BCUT2D eigenvalue weighted by atomic mass is 32.2. The molecule has 1 aromatic carbocycles. The molecule has 2 aromatic rings. The van der Waals surface area contributed by atoms with E-state index >= 15 is 0 Å². The predicted octanol–water partition coefficient (Wildman–Crippen LogP) is 1.92. The standard InChI is InChI=1S/C14H15N5O2S/c1-19(2)22(20,21)18-13-6-7-14(16-10-13)17-12-5-3-4-11(8-12)9-15/h3-8,10,18H,1-2H3,(H,16,17). The van der Waals surface area contributed by atoms with Gasteiger partial charge in [0.25, 0.3) is 0 Å². The monoisotopic (exact) mass is 317 g/mol. The molecule has 22 heavy (non-hydrogen) atoms. The van der Waals surface area contributed by atoms with Crippen LogP contribution in [0.3, 0.4) is 0 Å². The molecule has 0 aliphatic carbocycles. The second kappa shape index (κ2) is 6.43. The van der Waals surface area contributed by atoms with Crippen LogP contribution in [0.2, 0.25) is 0 Å². The number of benzene rings is 1. The van der Waals surface area contributed by atoms with Gasteiger partial charge in [0, 0.05) is 19.8 Å². The Bertz CT molecular complexity index is 795. The molecule has 0 fully saturated rings. The number of nitrogens with one attached hydrogen (secondary N) is 2. The summed E-state index contributed by atoms with van der Waals surface area (Å²) in [5, 5.41) is 11.9. The number of anilines is 3. The smallest absolute Gasteiger partial charge is 0.301 e. The Kier molecular flexibility index (Phi) is 4.60. The van der Waals surface area contributed by atoms with Crippen LogP contribution in [0, 0.1) is 11.3 Å². The van der Waals surface area contributed by atoms with Crippen molar-refractivity contribution >= 4 is 27.4 Å². The first-order valence-electron chi connectivity index (χ1n) is 6.34. The second-order valence-corrected chi connectivity index (χ2v) is 6.52. The summed E-state index contributed by atoms with van der Waals surface area (Å²) in [7, 11) is -0.668. The van der Waals surface area contributed by atoms with E-state index in [1.165, 1.54) is 20.3 Å². The van der Waals surface area contributed by atoms with Crippen LogP contribution in [0.1, 0.15) is 5.56 Å². The van der Waals surface area contributed by atoms with Crippen molar-refractivity contribution in [1.82, 2.24) is 9.29 Å². The fourth-order valence-electron chi connectivity index (χ4n) is 1.58. The van der Waals surface area contributed by atoms with Crippen LogP contribution < -0.4 is 10.0 Å². The molecule has 0 amide bonds. The molecular weight excluding hydrogens is 302 g/mol. The summed E-state index contributed by atoms with van der Waals surface area (Å²) in [6.07, 6.45) is 1.41. The summed E-state index contributed by atoms with van der Waals surface area (Å²) in [6.45, 7) is 0. The van der Waals surface area contributed by atoms with Gasteiger partial charge < -0.3 is 5.32 Å². The number of nitriles is 1. The number of nitrogens with zero attached hydrogens (tertiary/aromatic N) is 3. The number of hydrogen-bond acceptors (Lipinski definition) is 5. The summed E-state index contributed by atoms with van der Waals surface area (Å²) < 4.78 is 26.8. The van der Waals surface area contributed by atoms with Crippen molar-refractivity contribution in [3.05, 3.63) is 48.2 Å². The zero-order valence-electron chi connectivity index (χ0n) is 12.1. The minimum Gasteiger partial charge on any atom is -0.340 e. The third-order valence-electron chi connectivity index (χ3n) is 2.76. The Balaban J connectivity index is 2.11. The van der Waals surface area contributed by atoms with Crippen LogP contribution in [0.4, 0.5) is 17.2 Å². The van der Waals surface area contributed by atoms with Crippen LogP contribution in [-0.2, 0) is 10.2 Å². The molecule has 0 atom stereocenters. The molecule has 0 aliphatic heterocycles. The highest BCUT2D eigenvalue weighted by molar-refractivity contribution is 7.90. The van der Waals surface area contributed by atoms with Gasteiger partial charge >= 0.3 is 10.2 Å². The minimum atomic E-state index is -3.55. The molecule has 0 spiro atoms. The van der Waals surface area contributed by atoms with Crippen molar-refractivity contribution in [3.63, 3.8) is 0 Å². The zero-order valence-corrected chi connectivity index (χ0v) is 12.9. The fourth-order valence-corrected chi connectivity index (χ4v) is 2.18. The van der Waals surface area contributed by atoms with E-state index in [4.69, 9.17) is 5.26 Å². The lowest BCUT2D eigenvalue weighted by atomic mass is 10.2. The summed E-state index contributed by atoms with van der Waals surface area (Å²) in [6, 6.07) is 12.3. The summed E-state index contributed by atoms with van der Waals surface area (Å²) in [4.78, 5) is 4.13. The first-order valence-corrected chi connectivity index (χ1v) is 7.78. The Morgan fingerprint density at radius 2 is 1.95 bits per heavy atom. The third kappa shape index (κ3) is 3.94. The summed E-state index contributed by atoms with van der Waals surface area (Å²) in [5.74, 6) is 0.544. The highest BCUT2D eigenvalue weighted by Gasteiger charge is 2.12. The van der Waals surface area contributed by atoms with Crippen LogP contribution >= 0.6 is 0 Å². The van der Waals surface area contributed by atoms with Gasteiger partial charge in [-0.2, -0.15) is 18.0 Å². The second-order valence-electron chi connectivity index (χ2n) is 4.64. The van der Waals surface area contributed by atoms with Crippen molar-refractivity contribution < 1.29 is 8.42 Å². The van der Waals surface area contributed by atoms with Crippen LogP contribution in [0.15, 0.2) is 42.6 Å². The van der Waals surface area contributed by atoms with Gasteiger partial charge in [-0.15, -0.1) is 0 Å². The lowest BCUT2D eigenvalue weighted by Crippen LogP contribution is -2.28. The van der Waals surface area contributed by atoms with Gasteiger partial charge in [-0.1, -0.05) is 6.07 Å². The molecule has 114 valence electrons. The van der Waals surface area contributed by atoms with E-state index in [-0.39, 0.29) is 0 Å². The Morgan fingerprint density at radius 1 is 1.18 bits per heavy atom. The summed E-state index contributed by atoms with van der Waals surface area (Å²) >= 11 is 0. The van der Waals surface area contributed by atoms with E-state index in [1.54, 1.807) is 30.3 Å². The molecule has 0 saturated carbocycles. The lowest BCUT2D eigenvalue weighted by Gasteiger charge is -2.13. The molecule has 0 aliphatic rings. The maximum atomic E-state index is 11.7. The van der Waals surface area contributed by atoms with Crippen molar-refractivity contribution in [2.45, 2.75) is 0 Å². The molecule has 7 nitrogen and oxygen atoms in total. The average molecular weight is 317 g/mol. The summed E-state index contributed by atoms with van der Waals surface area (Å²) in [5.41, 5.74) is 1.64. The predicted molar refractivity (Wildman–Crippen MR) is 84.9 cm³/mol. The first-order chi connectivity index (χ1) is 10.4. The molecular formula is C14H15N5O2S. The Hall–Kier alpha value is -2.63. The quantitative estimate of drug-likeness (QED) is 0.878. The van der Waals surface area contributed by atoms with E-state index in [9.17, 15) is 8.42 Å². The molecule has 0 unspecified atom stereocenters. The number of rotatable bonds is 5. The van der Waals surface area contributed by atoms with E-state index in [2.05, 4.69) is 21.1 Å². The topological polar surface area (TPSA) is 98.1 Å². The molecule has 0 saturated heterocycles. The highest BCUT2D eigenvalue weighted by Crippen LogP contribution is 2.17. The van der Waals surface area contributed by atoms with Crippen molar-refractivity contribution in [2.75, 3.05) is 24.1 Å². The largest absolute Gasteiger partial charge is 0.340 e. The normalized spacial score (nSPS) is 11.0. The third-order valence-corrected chi connectivity index (χ3v) is 4.21. The lowest BCUT2D eigenvalue weighted by molar-refractivity contribution is 0.527. The van der Waals surface area contributed by atoms with Gasteiger partial charge in [0.2, 0.25) is 0 Å². The molecule has 2 N–H and O–H groups in total. The van der Waals surface area contributed by atoms with E-state index in [0.29, 0.717) is 17.1 Å². The Labute approximate surface area is 129 Å². The first kappa shape index (κ1) is 15.8. The van der Waals surface area contributed by atoms with Crippen molar-refractivity contribution in [3.8, 4) is 6.07 Å². The van der Waals surface area contributed by atoms with Crippen molar-refractivity contribution in [2.24, 2.45) is 0 Å². The molecule has 2 rings (SSSR count). The van der Waals surface area contributed by atoms with Gasteiger partial charge in [0.15, 0.2) is 0 Å². The molecule has 0 radical (unpaired) electrons. The average Bonchev–Trinajstić information content (AvgIpc) is 2.49. The zero-order chi connectivity index (χ0) is 16.2. The fraction of sp³-hybridized carbons (Fsp3) is 0.143. The van der Waals surface area contributed by atoms with E-state index < -0.39 is 10.2 Å². The van der Waals surface area contributed by atoms with Crippen molar-refractivity contribution in [1.29, 1.82) is 5.26 Å². The van der Waals surface area contributed by atoms with E-state index in [1.807, 2.05) is 6.07 Å². The van der Waals surface area contributed by atoms with E-state index in [0.717, 1.165) is 9.99 Å². The SMILES string of the molecule is CN(C)S(=O)(=O)Nc1ccc(Nc2cccc(C#N)c2)nc1.